The molecule has 0 amide bonds. The van der Waals surface area contributed by atoms with E-state index in [0.717, 1.165) is 38.8 Å². The van der Waals surface area contributed by atoms with E-state index in [1.807, 2.05) is 0 Å². The van der Waals surface area contributed by atoms with Crippen LogP contribution in [-0.2, 0) is 4.74 Å². The maximum atomic E-state index is 12.1. The molecule has 5 saturated carbocycles. The minimum absolute atomic E-state index is 0. The van der Waals surface area contributed by atoms with E-state index in [9.17, 15) is 15.3 Å². The fourth-order valence-electron chi connectivity index (χ4n) is 10.1. The van der Waals surface area contributed by atoms with Gasteiger partial charge in [0.2, 0.25) is 0 Å². The molecule has 1 spiro atoms. The van der Waals surface area contributed by atoms with Crippen molar-refractivity contribution in [3.05, 3.63) is 0 Å². The van der Waals surface area contributed by atoms with Crippen molar-refractivity contribution in [1.29, 1.82) is 0 Å². The smallest absolute Gasteiger partial charge is 0.0771 e. The van der Waals surface area contributed by atoms with Crippen LogP contribution in [0.4, 0.5) is 0 Å². The number of ether oxygens (including phenoxy) is 1. The molecule has 6 aliphatic rings. The van der Waals surface area contributed by atoms with E-state index < -0.39 is 11.7 Å². The first-order chi connectivity index (χ1) is 12.8. The van der Waals surface area contributed by atoms with Crippen molar-refractivity contribution in [3.63, 3.8) is 0 Å². The number of aliphatic hydroxyl groups excluding tert-OH is 2. The van der Waals surface area contributed by atoms with Gasteiger partial charge in [-0.1, -0.05) is 13.8 Å². The Bertz CT molecular complexity index is 679. The van der Waals surface area contributed by atoms with Gasteiger partial charge in [-0.15, -0.1) is 12.4 Å². The minimum atomic E-state index is -0.858. The van der Waals surface area contributed by atoms with Crippen molar-refractivity contribution in [2.75, 3.05) is 20.2 Å². The zero-order chi connectivity index (χ0) is 18.9. The van der Waals surface area contributed by atoms with E-state index in [1.165, 1.54) is 0 Å². The lowest BCUT2D eigenvalue weighted by molar-refractivity contribution is -0.266. The molecule has 12 atom stereocenters. The SMILES string of the molecule is CCN1C[C@]2(C)CC[C@H](O)[C@@]34C5C[C@@H]6[C@@H](OC)C[C@@](O)(C5[C@H]6O)[C@@H](CC23)[C@@H]14.Cl. The van der Waals surface area contributed by atoms with Gasteiger partial charge < -0.3 is 20.1 Å². The van der Waals surface area contributed by atoms with Gasteiger partial charge in [-0.3, -0.25) is 4.90 Å². The molecule has 1 saturated heterocycles. The van der Waals surface area contributed by atoms with Gasteiger partial charge in [-0.25, -0.2) is 0 Å². The van der Waals surface area contributed by atoms with Gasteiger partial charge in [-0.05, 0) is 49.5 Å². The van der Waals surface area contributed by atoms with Crippen molar-refractivity contribution in [2.24, 2.45) is 40.4 Å². The Balaban J connectivity index is 0.00000171. The number of aliphatic hydroxyl groups is 3. The molecule has 6 heteroatoms. The summed E-state index contributed by atoms with van der Waals surface area (Å²) in [4.78, 5) is 2.60. The molecule has 160 valence electrons. The second kappa shape index (κ2) is 5.86. The highest BCUT2D eigenvalue weighted by Crippen LogP contribution is 2.78. The average molecular weight is 414 g/mol. The molecule has 0 radical (unpaired) electrons. The van der Waals surface area contributed by atoms with Gasteiger partial charge in [-0.2, -0.15) is 0 Å². The van der Waals surface area contributed by atoms with Crippen LogP contribution in [0.3, 0.4) is 0 Å². The number of piperidine rings is 1. The first-order valence-electron chi connectivity index (χ1n) is 11.2. The Morgan fingerprint density at radius 1 is 1.18 bits per heavy atom. The standard InChI is InChI=1S/C22H35NO4.ClH/c1-4-23-10-20(2)6-5-16(24)22-12-7-11-14(27-3)9-21(26,17(12)18(11)25)13(19(22)23)8-15(20)22;/h11-19,24-26H,4-10H2,1-3H3;1H/t11-,12?,13+,14+,15?,16+,17?,18+,19-,20+,21+,22-;/m1./s1. The number of halogens is 1. The normalized spacial score (nSPS) is 63.9. The topological polar surface area (TPSA) is 73.2 Å². The van der Waals surface area contributed by atoms with Crippen molar-refractivity contribution in [1.82, 2.24) is 4.90 Å². The van der Waals surface area contributed by atoms with Crippen LogP contribution in [0.2, 0.25) is 0 Å². The van der Waals surface area contributed by atoms with Crippen LogP contribution in [-0.4, -0.2) is 70.4 Å². The highest BCUT2D eigenvalue weighted by Gasteiger charge is 2.82. The molecule has 5 aliphatic carbocycles. The van der Waals surface area contributed by atoms with Crippen molar-refractivity contribution < 1.29 is 20.1 Å². The van der Waals surface area contributed by atoms with Crippen LogP contribution in [0.15, 0.2) is 0 Å². The monoisotopic (exact) mass is 413 g/mol. The predicted molar refractivity (Wildman–Crippen MR) is 107 cm³/mol. The first kappa shape index (κ1) is 20.0. The van der Waals surface area contributed by atoms with Gasteiger partial charge in [0.1, 0.15) is 0 Å². The lowest BCUT2D eigenvalue weighted by atomic mass is 9.43. The third-order valence-electron chi connectivity index (χ3n) is 10.7. The van der Waals surface area contributed by atoms with Gasteiger partial charge >= 0.3 is 0 Å². The third-order valence-corrected chi connectivity index (χ3v) is 10.7. The molecule has 7 bridgehead atoms. The Kier molecular flexibility index (Phi) is 4.19. The number of likely N-dealkylation sites (tertiary alicyclic amines) is 1. The van der Waals surface area contributed by atoms with Crippen LogP contribution in [0.1, 0.15) is 46.0 Å². The van der Waals surface area contributed by atoms with Gasteiger partial charge in [0.05, 0.1) is 23.9 Å². The minimum Gasteiger partial charge on any atom is -0.392 e. The van der Waals surface area contributed by atoms with E-state index in [-0.39, 0.29) is 65.2 Å². The number of hydrogen-bond acceptors (Lipinski definition) is 5. The largest absolute Gasteiger partial charge is 0.392 e. The summed E-state index contributed by atoms with van der Waals surface area (Å²) < 4.78 is 5.79. The third kappa shape index (κ3) is 1.86. The lowest BCUT2D eigenvalue weighted by Gasteiger charge is -2.68. The van der Waals surface area contributed by atoms with Crippen molar-refractivity contribution in [2.45, 2.75) is 75.9 Å². The summed E-state index contributed by atoms with van der Waals surface area (Å²) in [5.41, 5.74) is -0.788. The maximum Gasteiger partial charge on any atom is 0.0771 e. The number of hydrogen-bond donors (Lipinski definition) is 3. The van der Waals surface area contributed by atoms with Crippen LogP contribution >= 0.6 is 12.4 Å². The number of fused-ring (bicyclic) bond motifs is 2. The summed E-state index contributed by atoms with van der Waals surface area (Å²) in [5, 5.41) is 34.9. The lowest BCUT2D eigenvalue weighted by Crippen LogP contribution is -2.75. The van der Waals surface area contributed by atoms with Gasteiger partial charge in [0.25, 0.3) is 0 Å². The summed E-state index contributed by atoms with van der Waals surface area (Å²) in [5.74, 6) is 0.840. The summed E-state index contributed by atoms with van der Waals surface area (Å²) in [6.45, 7) is 6.74. The Hall–Kier alpha value is 0.0900. The second-order valence-corrected chi connectivity index (χ2v) is 11.1. The first-order valence-corrected chi connectivity index (χ1v) is 11.2. The number of rotatable bonds is 2. The molecule has 3 N–H and O–H groups in total. The highest BCUT2D eigenvalue weighted by molar-refractivity contribution is 5.85. The molecule has 6 fully saturated rings. The van der Waals surface area contributed by atoms with E-state index in [0.29, 0.717) is 12.3 Å². The van der Waals surface area contributed by atoms with E-state index in [1.54, 1.807) is 7.11 Å². The summed E-state index contributed by atoms with van der Waals surface area (Å²) in [6, 6.07) is 0.253. The van der Waals surface area contributed by atoms with Crippen LogP contribution in [0.5, 0.6) is 0 Å². The fourth-order valence-corrected chi connectivity index (χ4v) is 10.1. The number of nitrogens with zero attached hydrogens (tertiary/aromatic N) is 1. The molecule has 5 nitrogen and oxygen atoms in total. The molecule has 1 aliphatic heterocycles. The molecule has 3 unspecified atom stereocenters. The molecule has 0 aromatic rings. The zero-order valence-electron chi connectivity index (χ0n) is 17.3. The Morgan fingerprint density at radius 3 is 2.61 bits per heavy atom. The number of methoxy groups -OCH3 is 1. The molecule has 0 aromatic heterocycles. The summed E-state index contributed by atoms with van der Waals surface area (Å²) in [6.07, 6.45) is 3.66. The van der Waals surface area contributed by atoms with Crippen LogP contribution in [0.25, 0.3) is 0 Å². The fraction of sp³-hybridized carbons (Fsp3) is 1.00. The average Bonchev–Trinajstić information content (AvgIpc) is 3.07. The van der Waals surface area contributed by atoms with E-state index in [2.05, 4.69) is 18.7 Å². The maximum absolute atomic E-state index is 12.1. The molecular formula is C22H36ClNO4. The second-order valence-electron chi connectivity index (χ2n) is 11.1. The Morgan fingerprint density at radius 2 is 1.93 bits per heavy atom. The molecule has 6 rings (SSSR count). The quantitative estimate of drug-likeness (QED) is 0.642. The van der Waals surface area contributed by atoms with Crippen molar-refractivity contribution in [3.8, 4) is 0 Å². The molecular weight excluding hydrogens is 378 g/mol. The molecule has 1 heterocycles. The van der Waals surface area contributed by atoms with Crippen LogP contribution in [0, 0.1) is 40.4 Å². The summed E-state index contributed by atoms with van der Waals surface area (Å²) >= 11 is 0. The summed E-state index contributed by atoms with van der Waals surface area (Å²) in [7, 11) is 1.73. The van der Waals surface area contributed by atoms with E-state index in [4.69, 9.17) is 4.74 Å². The highest BCUT2D eigenvalue weighted by atomic mass is 35.5. The van der Waals surface area contributed by atoms with Gasteiger partial charge in [0.15, 0.2) is 0 Å². The van der Waals surface area contributed by atoms with Crippen molar-refractivity contribution >= 4 is 12.4 Å². The van der Waals surface area contributed by atoms with E-state index >= 15 is 0 Å². The van der Waals surface area contributed by atoms with Gasteiger partial charge in [0, 0.05) is 49.3 Å². The Labute approximate surface area is 174 Å². The molecule has 0 aromatic carbocycles. The molecule has 28 heavy (non-hydrogen) atoms. The van der Waals surface area contributed by atoms with Crippen LogP contribution < -0.4 is 0 Å². The zero-order valence-corrected chi connectivity index (χ0v) is 18.1. The predicted octanol–water partition coefficient (Wildman–Crippen LogP) is 1.67.